The monoisotopic (exact) mass is 405 g/mol. The van der Waals surface area contributed by atoms with E-state index in [-0.39, 0.29) is 11.7 Å². The highest BCUT2D eigenvalue weighted by Crippen LogP contribution is 2.29. The van der Waals surface area contributed by atoms with E-state index in [1.54, 1.807) is 6.07 Å². The van der Waals surface area contributed by atoms with Crippen LogP contribution in [-0.2, 0) is 4.79 Å². The summed E-state index contributed by atoms with van der Waals surface area (Å²) in [5.74, 6) is 1.51. The van der Waals surface area contributed by atoms with E-state index in [1.165, 1.54) is 23.3 Å². The van der Waals surface area contributed by atoms with Gasteiger partial charge in [-0.2, -0.15) is 4.37 Å². The number of ether oxygens (including phenoxy) is 1. The van der Waals surface area contributed by atoms with Crippen LogP contribution < -0.4 is 10.1 Å². The van der Waals surface area contributed by atoms with Crippen LogP contribution in [0.4, 0.5) is 5.69 Å². The quantitative estimate of drug-likeness (QED) is 0.561. The van der Waals surface area contributed by atoms with Gasteiger partial charge in [0.2, 0.25) is 5.91 Å². The second-order valence-corrected chi connectivity index (χ2v) is 7.54. The van der Waals surface area contributed by atoms with E-state index in [4.69, 9.17) is 16.3 Å². The Morgan fingerprint density at radius 2 is 2.00 bits per heavy atom. The first-order valence-electron chi connectivity index (χ1n) is 7.90. The molecule has 1 aromatic heterocycles. The number of carbonyl (C=O) groups is 1. The maximum Gasteiger partial charge on any atom is 0.234 e. The van der Waals surface area contributed by atoms with Crippen molar-refractivity contribution in [1.29, 1.82) is 0 Å². The molecule has 134 valence electrons. The molecule has 2 aromatic carbocycles. The summed E-state index contributed by atoms with van der Waals surface area (Å²) in [4.78, 5) is 16.5. The summed E-state index contributed by atoms with van der Waals surface area (Å²) >= 11 is 8.76. The Morgan fingerprint density at radius 3 is 2.73 bits per heavy atom. The molecule has 0 radical (unpaired) electrons. The van der Waals surface area contributed by atoms with E-state index in [9.17, 15) is 4.79 Å². The fraction of sp³-hybridized carbons (Fsp3) is 0.167. The summed E-state index contributed by atoms with van der Waals surface area (Å²) in [6.45, 7) is 2.54. The number of benzene rings is 2. The number of hydrogen-bond donors (Lipinski definition) is 1. The first kappa shape index (κ1) is 18.7. The van der Waals surface area contributed by atoms with Crippen LogP contribution in [0, 0.1) is 0 Å². The van der Waals surface area contributed by atoms with Crippen molar-refractivity contribution < 1.29 is 9.53 Å². The van der Waals surface area contributed by atoms with Crippen molar-refractivity contribution in [2.75, 3.05) is 17.7 Å². The third-order valence-corrected chi connectivity index (χ3v) is 5.46. The van der Waals surface area contributed by atoms with Gasteiger partial charge in [0.1, 0.15) is 5.75 Å². The molecule has 0 atom stereocenters. The van der Waals surface area contributed by atoms with Crippen molar-refractivity contribution >= 4 is 46.5 Å². The number of nitrogens with one attached hydrogen (secondary N) is 1. The molecule has 1 heterocycles. The molecule has 0 aliphatic rings. The molecular weight excluding hydrogens is 390 g/mol. The van der Waals surface area contributed by atoms with Crippen LogP contribution >= 0.6 is 34.9 Å². The number of halogens is 1. The maximum absolute atomic E-state index is 12.1. The Kier molecular flexibility index (Phi) is 6.49. The molecule has 0 unspecified atom stereocenters. The molecule has 26 heavy (non-hydrogen) atoms. The summed E-state index contributed by atoms with van der Waals surface area (Å²) in [5, 5.41) is 3.46. The van der Waals surface area contributed by atoms with Gasteiger partial charge in [0.25, 0.3) is 0 Å². The first-order valence-corrected chi connectivity index (χ1v) is 10.0. The van der Waals surface area contributed by atoms with Gasteiger partial charge in [-0.05, 0) is 54.9 Å². The van der Waals surface area contributed by atoms with Crippen LogP contribution in [0.5, 0.6) is 5.75 Å². The Bertz CT molecular complexity index is 884. The minimum absolute atomic E-state index is 0.103. The molecule has 0 aliphatic heterocycles. The van der Waals surface area contributed by atoms with Crippen molar-refractivity contribution in [2.45, 2.75) is 11.3 Å². The summed E-state index contributed by atoms with van der Waals surface area (Å²) in [6.07, 6.45) is 0. The predicted octanol–water partition coefficient (Wildman–Crippen LogP) is 4.99. The van der Waals surface area contributed by atoms with Crippen LogP contribution in [-0.4, -0.2) is 27.6 Å². The van der Waals surface area contributed by atoms with Gasteiger partial charge in [-0.25, -0.2) is 4.98 Å². The standard InChI is InChI=1S/C18H16ClN3O2S2/c1-2-24-13-9-7-12(8-10-13)20-16(23)11-25-18-21-17(22-26-18)14-5-3-4-6-15(14)19/h3-10H,2,11H2,1H3,(H,20,23). The number of nitrogens with zero attached hydrogens (tertiary/aromatic N) is 2. The number of carbonyl (C=O) groups excluding carboxylic acids is 1. The van der Waals surface area contributed by atoms with Gasteiger partial charge in [0, 0.05) is 11.3 Å². The molecule has 8 heteroatoms. The zero-order chi connectivity index (χ0) is 18.4. The van der Waals surface area contributed by atoms with Crippen LogP contribution in [0.15, 0.2) is 52.9 Å². The molecule has 0 saturated heterocycles. The van der Waals surface area contributed by atoms with E-state index in [2.05, 4.69) is 14.7 Å². The lowest BCUT2D eigenvalue weighted by atomic mass is 10.2. The molecule has 5 nitrogen and oxygen atoms in total. The summed E-state index contributed by atoms with van der Waals surface area (Å²) in [7, 11) is 0. The number of rotatable bonds is 7. The van der Waals surface area contributed by atoms with Crippen molar-refractivity contribution in [2.24, 2.45) is 0 Å². The van der Waals surface area contributed by atoms with Crippen LogP contribution in [0.3, 0.4) is 0 Å². The van der Waals surface area contributed by atoms with Crippen molar-refractivity contribution in [3.63, 3.8) is 0 Å². The fourth-order valence-electron chi connectivity index (χ4n) is 2.15. The van der Waals surface area contributed by atoms with E-state index < -0.39 is 0 Å². The van der Waals surface area contributed by atoms with Gasteiger partial charge < -0.3 is 10.1 Å². The normalized spacial score (nSPS) is 10.5. The van der Waals surface area contributed by atoms with E-state index in [0.29, 0.717) is 17.5 Å². The van der Waals surface area contributed by atoms with Crippen molar-refractivity contribution in [3.8, 4) is 17.1 Å². The number of thioether (sulfide) groups is 1. The average Bonchev–Trinajstić information content (AvgIpc) is 3.11. The Hall–Kier alpha value is -2.09. The SMILES string of the molecule is CCOc1ccc(NC(=O)CSc2nc(-c3ccccc3Cl)ns2)cc1. The number of hydrogen-bond acceptors (Lipinski definition) is 6. The van der Waals surface area contributed by atoms with Gasteiger partial charge in [0.05, 0.1) is 17.4 Å². The highest BCUT2D eigenvalue weighted by Gasteiger charge is 2.11. The van der Waals surface area contributed by atoms with E-state index in [0.717, 1.165) is 21.3 Å². The largest absolute Gasteiger partial charge is 0.494 e. The molecule has 0 saturated carbocycles. The lowest BCUT2D eigenvalue weighted by Crippen LogP contribution is -2.13. The third kappa shape index (κ3) is 4.97. The van der Waals surface area contributed by atoms with Crippen LogP contribution in [0.2, 0.25) is 5.02 Å². The second kappa shape index (κ2) is 9.02. The lowest BCUT2D eigenvalue weighted by molar-refractivity contribution is -0.113. The van der Waals surface area contributed by atoms with Crippen LogP contribution in [0.25, 0.3) is 11.4 Å². The third-order valence-electron chi connectivity index (χ3n) is 3.30. The highest BCUT2D eigenvalue weighted by atomic mass is 35.5. The Morgan fingerprint density at radius 1 is 1.23 bits per heavy atom. The minimum atomic E-state index is -0.103. The minimum Gasteiger partial charge on any atom is -0.494 e. The van der Waals surface area contributed by atoms with Gasteiger partial charge in [-0.1, -0.05) is 35.5 Å². The maximum atomic E-state index is 12.1. The van der Waals surface area contributed by atoms with Crippen molar-refractivity contribution in [3.05, 3.63) is 53.6 Å². The average molecular weight is 406 g/mol. The number of anilines is 1. The highest BCUT2D eigenvalue weighted by molar-refractivity contribution is 8.01. The molecule has 1 N–H and O–H groups in total. The van der Waals surface area contributed by atoms with Gasteiger partial charge >= 0.3 is 0 Å². The molecular formula is C18H16ClN3O2S2. The molecule has 0 bridgehead atoms. The summed E-state index contributed by atoms with van der Waals surface area (Å²) in [5.41, 5.74) is 1.52. The molecule has 1 amide bonds. The predicted molar refractivity (Wildman–Crippen MR) is 107 cm³/mol. The molecule has 0 spiro atoms. The van der Waals surface area contributed by atoms with E-state index >= 15 is 0 Å². The zero-order valence-corrected chi connectivity index (χ0v) is 16.3. The molecule has 3 rings (SSSR count). The van der Waals surface area contributed by atoms with Gasteiger partial charge in [-0.15, -0.1) is 0 Å². The fourth-order valence-corrected chi connectivity index (χ4v) is 3.77. The topological polar surface area (TPSA) is 64.1 Å². The Balaban J connectivity index is 1.54. The Labute approximate surface area is 164 Å². The number of amides is 1. The van der Waals surface area contributed by atoms with Crippen molar-refractivity contribution in [1.82, 2.24) is 9.36 Å². The van der Waals surface area contributed by atoms with Crippen LogP contribution in [0.1, 0.15) is 6.92 Å². The lowest BCUT2D eigenvalue weighted by Gasteiger charge is -2.06. The molecule has 0 fully saturated rings. The summed E-state index contributed by atoms with van der Waals surface area (Å²) < 4.78 is 10.4. The number of aromatic nitrogens is 2. The molecule has 0 aliphatic carbocycles. The second-order valence-electron chi connectivity index (χ2n) is 5.16. The van der Waals surface area contributed by atoms with Gasteiger partial charge in [-0.3, -0.25) is 4.79 Å². The smallest absolute Gasteiger partial charge is 0.234 e. The van der Waals surface area contributed by atoms with E-state index in [1.807, 2.05) is 49.4 Å². The van der Waals surface area contributed by atoms with Gasteiger partial charge in [0.15, 0.2) is 10.2 Å². The first-order chi connectivity index (χ1) is 12.7. The molecule has 3 aromatic rings. The summed E-state index contributed by atoms with van der Waals surface area (Å²) in [6, 6.07) is 14.7. The zero-order valence-electron chi connectivity index (χ0n) is 13.9.